The van der Waals surface area contributed by atoms with Crippen LogP contribution in [-0.4, -0.2) is 21.9 Å². The summed E-state index contributed by atoms with van der Waals surface area (Å²) in [5.41, 5.74) is 0.597. The quantitative estimate of drug-likeness (QED) is 0.586. The molecule has 2 N–H and O–H groups in total. The van der Waals surface area contributed by atoms with Crippen LogP contribution in [0, 0.1) is 10.1 Å². The first-order chi connectivity index (χ1) is 9.40. The first-order valence-corrected chi connectivity index (χ1v) is 6.15. The number of nitro groups is 1. The number of non-ortho nitro benzene ring substituents is 1. The van der Waals surface area contributed by atoms with Crippen molar-refractivity contribution in [1.82, 2.24) is 5.32 Å². The van der Waals surface area contributed by atoms with Crippen molar-refractivity contribution in [2.45, 2.75) is 32.2 Å². The van der Waals surface area contributed by atoms with Gasteiger partial charge in [0, 0.05) is 25.0 Å². The van der Waals surface area contributed by atoms with E-state index in [-0.39, 0.29) is 36.9 Å². The summed E-state index contributed by atoms with van der Waals surface area (Å²) in [6.07, 6.45) is 0.326. The summed E-state index contributed by atoms with van der Waals surface area (Å²) in [6, 6.07) is 5.66. The molecular formula is C13H16N2O5. The van der Waals surface area contributed by atoms with Crippen molar-refractivity contribution in [3.63, 3.8) is 0 Å². The number of nitrogens with one attached hydrogen (secondary N) is 1. The number of nitrogens with zero attached hydrogens (tertiary/aromatic N) is 1. The molecule has 0 spiro atoms. The average Bonchev–Trinajstić information content (AvgIpc) is 2.38. The number of aliphatic carboxylic acids is 1. The summed E-state index contributed by atoms with van der Waals surface area (Å²) >= 11 is 0. The topological polar surface area (TPSA) is 110 Å². The molecule has 1 atom stereocenters. The molecule has 1 aromatic carbocycles. The molecule has 0 aliphatic carbocycles. The van der Waals surface area contributed by atoms with Gasteiger partial charge in [0.15, 0.2) is 0 Å². The average molecular weight is 280 g/mol. The van der Waals surface area contributed by atoms with Crippen LogP contribution in [0.3, 0.4) is 0 Å². The third-order valence-corrected chi connectivity index (χ3v) is 2.75. The molecule has 1 aromatic rings. The van der Waals surface area contributed by atoms with Crippen LogP contribution in [0.1, 0.15) is 37.8 Å². The Labute approximate surface area is 115 Å². The number of carbonyl (C=O) groups is 2. The van der Waals surface area contributed by atoms with E-state index in [9.17, 15) is 19.7 Å². The van der Waals surface area contributed by atoms with Gasteiger partial charge in [-0.1, -0.05) is 12.1 Å². The van der Waals surface area contributed by atoms with Crippen molar-refractivity contribution >= 4 is 17.6 Å². The third-order valence-electron chi connectivity index (χ3n) is 2.75. The van der Waals surface area contributed by atoms with Gasteiger partial charge in [0.25, 0.3) is 5.69 Å². The SMILES string of the molecule is CC(NC(=O)CCCC(=O)O)c1cccc([N+](=O)[O-])c1. The van der Waals surface area contributed by atoms with E-state index in [0.29, 0.717) is 5.56 Å². The van der Waals surface area contributed by atoms with Gasteiger partial charge < -0.3 is 10.4 Å². The van der Waals surface area contributed by atoms with Crippen LogP contribution < -0.4 is 5.32 Å². The van der Waals surface area contributed by atoms with Gasteiger partial charge in [0.05, 0.1) is 11.0 Å². The number of benzene rings is 1. The highest BCUT2D eigenvalue weighted by Gasteiger charge is 2.13. The van der Waals surface area contributed by atoms with Gasteiger partial charge in [-0.25, -0.2) is 0 Å². The Hall–Kier alpha value is -2.44. The fourth-order valence-electron chi connectivity index (χ4n) is 1.70. The molecule has 7 nitrogen and oxygen atoms in total. The molecule has 0 saturated carbocycles. The summed E-state index contributed by atoms with van der Waals surface area (Å²) in [4.78, 5) is 32.1. The van der Waals surface area contributed by atoms with Gasteiger partial charge in [-0.2, -0.15) is 0 Å². The molecule has 108 valence electrons. The van der Waals surface area contributed by atoms with Gasteiger partial charge in [-0.3, -0.25) is 19.7 Å². The Morgan fingerprint density at radius 2 is 2.10 bits per heavy atom. The molecule has 1 rings (SSSR count). The minimum absolute atomic E-state index is 0.0329. The van der Waals surface area contributed by atoms with Crippen molar-refractivity contribution in [2.75, 3.05) is 0 Å². The lowest BCUT2D eigenvalue weighted by molar-refractivity contribution is -0.384. The highest BCUT2D eigenvalue weighted by molar-refractivity contribution is 5.77. The standard InChI is InChI=1S/C13H16N2O5/c1-9(14-12(16)6-3-7-13(17)18)10-4-2-5-11(8-10)15(19)20/h2,4-5,8-9H,3,6-7H2,1H3,(H,14,16)(H,17,18). The second kappa shape index (κ2) is 7.22. The minimum Gasteiger partial charge on any atom is -0.481 e. The predicted molar refractivity (Wildman–Crippen MR) is 71.1 cm³/mol. The van der Waals surface area contributed by atoms with E-state index in [4.69, 9.17) is 5.11 Å². The van der Waals surface area contributed by atoms with Crippen molar-refractivity contribution in [1.29, 1.82) is 0 Å². The van der Waals surface area contributed by atoms with Gasteiger partial charge in [-0.05, 0) is 18.9 Å². The van der Waals surface area contributed by atoms with E-state index in [0.717, 1.165) is 0 Å². The molecule has 7 heteroatoms. The van der Waals surface area contributed by atoms with E-state index in [1.807, 2.05) is 0 Å². The van der Waals surface area contributed by atoms with Crippen LogP contribution >= 0.6 is 0 Å². The second-order valence-corrected chi connectivity index (χ2v) is 4.39. The zero-order valence-electron chi connectivity index (χ0n) is 11.0. The molecule has 0 saturated heterocycles. The lowest BCUT2D eigenvalue weighted by Crippen LogP contribution is -2.26. The fourth-order valence-corrected chi connectivity index (χ4v) is 1.70. The number of rotatable bonds is 7. The summed E-state index contributed by atoms with van der Waals surface area (Å²) < 4.78 is 0. The van der Waals surface area contributed by atoms with Crippen LogP contribution in [0.2, 0.25) is 0 Å². The Morgan fingerprint density at radius 3 is 2.70 bits per heavy atom. The number of nitro benzene ring substituents is 1. The van der Waals surface area contributed by atoms with Crippen LogP contribution in [0.25, 0.3) is 0 Å². The van der Waals surface area contributed by atoms with Crippen molar-refractivity contribution in [3.8, 4) is 0 Å². The molecule has 0 fully saturated rings. The first kappa shape index (κ1) is 15.6. The van der Waals surface area contributed by atoms with Crippen molar-refractivity contribution < 1.29 is 19.6 Å². The normalized spacial score (nSPS) is 11.7. The Balaban J connectivity index is 2.55. The number of amides is 1. The maximum absolute atomic E-state index is 11.6. The number of hydrogen-bond donors (Lipinski definition) is 2. The zero-order valence-corrected chi connectivity index (χ0v) is 11.0. The summed E-state index contributed by atoms with van der Waals surface area (Å²) in [6.45, 7) is 1.72. The molecule has 1 unspecified atom stereocenters. The second-order valence-electron chi connectivity index (χ2n) is 4.39. The van der Waals surface area contributed by atoms with Crippen LogP contribution in [0.5, 0.6) is 0 Å². The number of carboxylic acids is 1. The molecule has 0 aliphatic rings. The van der Waals surface area contributed by atoms with E-state index < -0.39 is 10.9 Å². The highest BCUT2D eigenvalue weighted by Crippen LogP contribution is 2.19. The van der Waals surface area contributed by atoms with Crippen molar-refractivity contribution in [2.24, 2.45) is 0 Å². The van der Waals surface area contributed by atoms with Crippen LogP contribution in [-0.2, 0) is 9.59 Å². The van der Waals surface area contributed by atoms with E-state index in [1.165, 1.54) is 12.1 Å². The Morgan fingerprint density at radius 1 is 1.40 bits per heavy atom. The van der Waals surface area contributed by atoms with Gasteiger partial charge in [0.2, 0.25) is 5.91 Å². The van der Waals surface area contributed by atoms with Crippen LogP contribution in [0.4, 0.5) is 5.69 Å². The third kappa shape index (κ3) is 5.05. The molecule has 0 heterocycles. The lowest BCUT2D eigenvalue weighted by atomic mass is 10.1. The predicted octanol–water partition coefficient (Wildman–Crippen LogP) is 2.03. The largest absolute Gasteiger partial charge is 0.481 e. The summed E-state index contributed by atoms with van der Waals surface area (Å²) in [7, 11) is 0. The molecule has 0 aromatic heterocycles. The first-order valence-electron chi connectivity index (χ1n) is 6.15. The minimum atomic E-state index is -0.940. The van der Waals surface area contributed by atoms with Crippen LogP contribution in [0.15, 0.2) is 24.3 Å². The Bertz CT molecular complexity index is 515. The Kier molecular flexibility index (Phi) is 5.64. The van der Waals surface area contributed by atoms with Crippen molar-refractivity contribution in [3.05, 3.63) is 39.9 Å². The summed E-state index contributed by atoms with van der Waals surface area (Å²) in [5.74, 6) is -1.21. The van der Waals surface area contributed by atoms with Gasteiger partial charge in [-0.15, -0.1) is 0 Å². The molecular weight excluding hydrogens is 264 g/mol. The van der Waals surface area contributed by atoms with Gasteiger partial charge >= 0.3 is 5.97 Å². The van der Waals surface area contributed by atoms with E-state index in [2.05, 4.69) is 5.32 Å². The van der Waals surface area contributed by atoms with Gasteiger partial charge in [0.1, 0.15) is 0 Å². The highest BCUT2D eigenvalue weighted by atomic mass is 16.6. The maximum Gasteiger partial charge on any atom is 0.303 e. The number of carboxylic acid groups (broad SMARTS) is 1. The monoisotopic (exact) mass is 280 g/mol. The molecule has 0 aliphatic heterocycles. The zero-order chi connectivity index (χ0) is 15.1. The number of hydrogen-bond acceptors (Lipinski definition) is 4. The number of carbonyl (C=O) groups excluding carboxylic acids is 1. The smallest absolute Gasteiger partial charge is 0.303 e. The molecule has 0 radical (unpaired) electrons. The van der Waals surface area contributed by atoms with E-state index >= 15 is 0 Å². The van der Waals surface area contributed by atoms with E-state index in [1.54, 1.807) is 19.1 Å². The summed E-state index contributed by atoms with van der Waals surface area (Å²) in [5, 5.41) is 21.8. The lowest BCUT2D eigenvalue weighted by Gasteiger charge is -2.14. The maximum atomic E-state index is 11.6. The molecule has 1 amide bonds. The fraction of sp³-hybridized carbons (Fsp3) is 0.385. The molecule has 20 heavy (non-hydrogen) atoms. The molecule has 0 bridgehead atoms.